The summed E-state index contributed by atoms with van der Waals surface area (Å²) in [5.41, 5.74) is 1.51. The molecule has 1 aliphatic rings. The summed E-state index contributed by atoms with van der Waals surface area (Å²) in [5, 5.41) is 4.66. The molecule has 1 aromatic heterocycles. The van der Waals surface area contributed by atoms with Crippen molar-refractivity contribution < 1.29 is 0 Å². The van der Waals surface area contributed by atoms with Crippen LogP contribution >= 0.6 is 11.3 Å². The van der Waals surface area contributed by atoms with Crippen LogP contribution in [0.2, 0.25) is 0 Å². The van der Waals surface area contributed by atoms with Crippen molar-refractivity contribution in [3.63, 3.8) is 0 Å². The molecule has 84 valence electrons. The SMILES string of the molecule is CNC1CCCc2sc(C(C)(C)C)nc21. The molecule has 1 aromatic rings. The molecule has 1 atom stereocenters. The van der Waals surface area contributed by atoms with Crippen LogP contribution < -0.4 is 5.32 Å². The lowest BCUT2D eigenvalue weighted by Crippen LogP contribution is -2.21. The first-order valence-electron chi connectivity index (χ1n) is 5.69. The van der Waals surface area contributed by atoms with E-state index in [4.69, 9.17) is 4.98 Å². The van der Waals surface area contributed by atoms with Gasteiger partial charge >= 0.3 is 0 Å². The Labute approximate surface area is 96.1 Å². The zero-order chi connectivity index (χ0) is 11.1. The molecule has 0 fully saturated rings. The molecule has 0 aliphatic heterocycles. The maximum atomic E-state index is 4.83. The van der Waals surface area contributed by atoms with Crippen LogP contribution in [0.25, 0.3) is 0 Å². The Morgan fingerprint density at radius 2 is 2.13 bits per heavy atom. The van der Waals surface area contributed by atoms with E-state index >= 15 is 0 Å². The maximum absolute atomic E-state index is 4.83. The van der Waals surface area contributed by atoms with Gasteiger partial charge < -0.3 is 5.32 Å². The lowest BCUT2D eigenvalue weighted by Gasteiger charge is -2.20. The van der Waals surface area contributed by atoms with E-state index in [1.54, 1.807) is 0 Å². The van der Waals surface area contributed by atoms with Gasteiger partial charge in [-0.1, -0.05) is 20.8 Å². The van der Waals surface area contributed by atoms with Crippen LogP contribution in [-0.4, -0.2) is 12.0 Å². The molecule has 1 aliphatic carbocycles. The average molecular weight is 224 g/mol. The first kappa shape index (κ1) is 11.1. The number of aryl methyl sites for hydroxylation is 1. The minimum atomic E-state index is 0.195. The van der Waals surface area contributed by atoms with Crippen molar-refractivity contribution in [1.29, 1.82) is 0 Å². The molecular formula is C12H20N2S. The van der Waals surface area contributed by atoms with Crippen molar-refractivity contribution in [1.82, 2.24) is 10.3 Å². The Hall–Kier alpha value is -0.410. The minimum absolute atomic E-state index is 0.195. The number of fused-ring (bicyclic) bond motifs is 1. The van der Waals surface area contributed by atoms with E-state index in [1.165, 1.54) is 34.8 Å². The highest BCUT2D eigenvalue weighted by atomic mass is 32.1. The first-order chi connectivity index (χ1) is 7.02. The van der Waals surface area contributed by atoms with Gasteiger partial charge in [-0.2, -0.15) is 0 Å². The van der Waals surface area contributed by atoms with Crippen molar-refractivity contribution in [2.75, 3.05) is 7.05 Å². The second kappa shape index (κ2) is 3.87. The summed E-state index contributed by atoms with van der Waals surface area (Å²) in [6.45, 7) is 6.73. The molecule has 0 aromatic carbocycles. The number of hydrogen-bond donors (Lipinski definition) is 1. The molecule has 15 heavy (non-hydrogen) atoms. The van der Waals surface area contributed by atoms with Crippen LogP contribution in [0.4, 0.5) is 0 Å². The third-order valence-corrected chi connectivity index (χ3v) is 4.50. The molecule has 3 heteroatoms. The van der Waals surface area contributed by atoms with Crippen LogP contribution in [0, 0.1) is 0 Å². The molecule has 0 bridgehead atoms. The van der Waals surface area contributed by atoms with Crippen LogP contribution in [0.15, 0.2) is 0 Å². The van der Waals surface area contributed by atoms with E-state index in [9.17, 15) is 0 Å². The minimum Gasteiger partial charge on any atom is -0.312 e. The Morgan fingerprint density at radius 1 is 1.40 bits per heavy atom. The van der Waals surface area contributed by atoms with Gasteiger partial charge in [0, 0.05) is 10.3 Å². The third-order valence-electron chi connectivity index (χ3n) is 2.94. The fraction of sp³-hybridized carbons (Fsp3) is 0.750. The summed E-state index contributed by atoms with van der Waals surface area (Å²) in [6, 6.07) is 0.487. The van der Waals surface area contributed by atoms with Gasteiger partial charge in [0.25, 0.3) is 0 Å². The summed E-state index contributed by atoms with van der Waals surface area (Å²) < 4.78 is 0. The van der Waals surface area contributed by atoms with Gasteiger partial charge in [-0.25, -0.2) is 4.98 Å². The molecule has 1 unspecified atom stereocenters. The Kier molecular flexibility index (Phi) is 2.86. The van der Waals surface area contributed by atoms with Gasteiger partial charge in [-0.15, -0.1) is 11.3 Å². The molecule has 1 N–H and O–H groups in total. The maximum Gasteiger partial charge on any atom is 0.0985 e. The van der Waals surface area contributed by atoms with E-state index in [1.807, 2.05) is 18.4 Å². The Balaban J connectivity index is 2.37. The Morgan fingerprint density at radius 3 is 2.73 bits per heavy atom. The number of nitrogens with zero attached hydrogens (tertiary/aromatic N) is 1. The normalized spacial score (nSPS) is 21.5. The van der Waals surface area contributed by atoms with Crippen molar-refractivity contribution in [2.45, 2.75) is 51.5 Å². The van der Waals surface area contributed by atoms with Crippen LogP contribution in [0.3, 0.4) is 0 Å². The van der Waals surface area contributed by atoms with Crippen LogP contribution in [0.1, 0.15) is 55.2 Å². The molecule has 2 rings (SSSR count). The summed E-state index contributed by atoms with van der Waals surface area (Å²) in [7, 11) is 2.04. The van der Waals surface area contributed by atoms with Gasteiger partial charge in [0.2, 0.25) is 0 Å². The quantitative estimate of drug-likeness (QED) is 0.793. The number of nitrogens with one attached hydrogen (secondary N) is 1. The third kappa shape index (κ3) is 2.08. The lowest BCUT2D eigenvalue weighted by atomic mass is 9.96. The molecule has 0 spiro atoms. The molecule has 0 saturated heterocycles. The highest BCUT2D eigenvalue weighted by molar-refractivity contribution is 7.11. The average Bonchev–Trinajstić information content (AvgIpc) is 2.59. The van der Waals surface area contributed by atoms with E-state index in [0.717, 1.165) is 0 Å². The molecular weight excluding hydrogens is 204 g/mol. The van der Waals surface area contributed by atoms with Gasteiger partial charge in [0.15, 0.2) is 0 Å². The van der Waals surface area contributed by atoms with Gasteiger partial charge in [0.05, 0.1) is 16.7 Å². The predicted octanol–water partition coefficient (Wildman–Crippen LogP) is 3.04. The van der Waals surface area contributed by atoms with E-state index < -0.39 is 0 Å². The smallest absolute Gasteiger partial charge is 0.0985 e. The van der Waals surface area contributed by atoms with Crippen molar-refractivity contribution in [3.8, 4) is 0 Å². The fourth-order valence-electron chi connectivity index (χ4n) is 2.02. The van der Waals surface area contributed by atoms with Crippen LogP contribution in [-0.2, 0) is 11.8 Å². The van der Waals surface area contributed by atoms with Crippen molar-refractivity contribution in [3.05, 3.63) is 15.6 Å². The zero-order valence-electron chi connectivity index (χ0n) is 10.1. The van der Waals surface area contributed by atoms with E-state index in [0.29, 0.717) is 6.04 Å². The summed E-state index contributed by atoms with van der Waals surface area (Å²) in [5.74, 6) is 0. The molecule has 0 amide bonds. The number of aromatic nitrogens is 1. The lowest BCUT2D eigenvalue weighted by molar-refractivity contribution is 0.484. The molecule has 0 radical (unpaired) electrons. The van der Waals surface area contributed by atoms with Gasteiger partial charge in [-0.3, -0.25) is 0 Å². The fourth-order valence-corrected chi connectivity index (χ4v) is 3.24. The van der Waals surface area contributed by atoms with Gasteiger partial charge in [0.1, 0.15) is 0 Å². The Bertz CT molecular complexity index is 349. The summed E-state index contributed by atoms with van der Waals surface area (Å²) in [6.07, 6.45) is 3.75. The molecule has 2 nitrogen and oxygen atoms in total. The standard InChI is InChI=1S/C12H20N2S/c1-12(2,3)11-14-10-8(13-4)6-5-7-9(10)15-11/h8,13H,5-7H2,1-4H3. The monoisotopic (exact) mass is 224 g/mol. The number of thiazole rings is 1. The highest BCUT2D eigenvalue weighted by Gasteiger charge is 2.27. The van der Waals surface area contributed by atoms with Gasteiger partial charge in [-0.05, 0) is 26.3 Å². The molecule has 1 heterocycles. The van der Waals surface area contributed by atoms with E-state index in [2.05, 4.69) is 26.1 Å². The summed E-state index contributed by atoms with van der Waals surface area (Å²) in [4.78, 5) is 6.34. The van der Waals surface area contributed by atoms with Crippen LogP contribution in [0.5, 0.6) is 0 Å². The summed E-state index contributed by atoms with van der Waals surface area (Å²) >= 11 is 1.91. The van der Waals surface area contributed by atoms with Crippen molar-refractivity contribution >= 4 is 11.3 Å². The predicted molar refractivity (Wildman–Crippen MR) is 65.6 cm³/mol. The highest BCUT2D eigenvalue weighted by Crippen LogP contribution is 2.37. The largest absolute Gasteiger partial charge is 0.312 e. The number of hydrogen-bond acceptors (Lipinski definition) is 3. The second-order valence-electron chi connectivity index (χ2n) is 5.31. The number of rotatable bonds is 1. The topological polar surface area (TPSA) is 24.9 Å². The van der Waals surface area contributed by atoms with Crippen molar-refractivity contribution in [2.24, 2.45) is 0 Å². The molecule has 0 saturated carbocycles. The van der Waals surface area contributed by atoms with E-state index in [-0.39, 0.29) is 5.41 Å². The first-order valence-corrected chi connectivity index (χ1v) is 6.51. The second-order valence-corrected chi connectivity index (χ2v) is 6.39. The zero-order valence-corrected chi connectivity index (χ0v) is 10.9.